The number of nitrogens with zero attached hydrogens (tertiary/aromatic N) is 3. The minimum Gasteiger partial charge on any atom is -0.268 e. The summed E-state index contributed by atoms with van der Waals surface area (Å²) in [6, 6.07) is 10.3. The number of benzene rings is 3. The minimum absolute atomic E-state index is 0.0702. The third-order valence-corrected chi connectivity index (χ3v) is 4.61. The van der Waals surface area contributed by atoms with Crippen LogP contribution in [-0.2, 0) is 0 Å². The Bertz CT molecular complexity index is 1170. The molecule has 4 rings (SSSR count). The molecule has 0 radical (unpaired) electrons. The van der Waals surface area contributed by atoms with Gasteiger partial charge in [0, 0.05) is 34.7 Å². The molecule has 1 aliphatic rings. The Balaban J connectivity index is 2.07. The van der Waals surface area contributed by atoms with E-state index in [-0.39, 0.29) is 32.6 Å². The second kappa shape index (κ2) is 6.10. The van der Waals surface area contributed by atoms with Crippen molar-refractivity contribution in [1.82, 2.24) is 0 Å². The van der Waals surface area contributed by atoms with Gasteiger partial charge in [-0.1, -0.05) is 17.7 Å². The van der Waals surface area contributed by atoms with Crippen molar-refractivity contribution in [3.8, 4) is 0 Å². The van der Waals surface area contributed by atoms with E-state index in [1.54, 1.807) is 6.07 Å². The Labute approximate surface area is 161 Å². The molecule has 0 N–H and O–H groups in total. The van der Waals surface area contributed by atoms with Gasteiger partial charge in [-0.2, -0.15) is 0 Å². The van der Waals surface area contributed by atoms with Gasteiger partial charge in [-0.3, -0.25) is 29.8 Å². The highest BCUT2D eigenvalue weighted by molar-refractivity contribution is 6.37. The highest BCUT2D eigenvalue weighted by Gasteiger charge is 2.36. The lowest BCUT2D eigenvalue weighted by Gasteiger charge is -2.27. The van der Waals surface area contributed by atoms with Crippen LogP contribution in [0.5, 0.6) is 0 Å². The number of nitro groups is 2. The highest BCUT2D eigenvalue weighted by Crippen LogP contribution is 2.38. The Morgan fingerprint density at radius 1 is 0.821 bits per heavy atom. The van der Waals surface area contributed by atoms with Crippen LogP contribution in [0.3, 0.4) is 0 Å². The lowest BCUT2D eigenvalue weighted by Crippen LogP contribution is -2.40. The largest absolute Gasteiger partial charge is 0.270 e. The molecule has 9 nitrogen and oxygen atoms in total. The first-order valence-corrected chi connectivity index (χ1v) is 8.20. The number of halogens is 1. The molecule has 0 bridgehead atoms. The molecule has 1 aliphatic heterocycles. The van der Waals surface area contributed by atoms with Gasteiger partial charge in [0.05, 0.1) is 26.7 Å². The predicted octanol–water partition coefficient (Wildman–Crippen LogP) is 4.11. The fourth-order valence-corrected chi connectivity index (χ4v) is 3.40. The maximum atomic E-state index is 13.0. The number of anilines is 1. The number of amides is 2. The van der Waals surface area contributed by atoms with E-state index >= 15 is 0 Å². The molecule has 3 aromatic rings. The standard InChI is InChI=1S/C18H8ClN3O6/c19-10-2-1-3-11(6-10)20-17(23)14-7-12(21(25)26)4-9-5-13(22(27)28)8-15(16(9)14)18(20)24/h1-8H. The van der Waals surface area contributed by atoms with Crippen molar-refractivity contribution < 1.29 is 19.4 Å². The molecule has 10 heteroatoms. The maximum Gasteiger partial charge on any atom is 0.270 e. The van der Waals surface area contributed by atoms with Gasteiger partial charge in [-0.25, -0.2) is 4.90 Å². The zero-order valence-electron chi connectivity index (χ0n) is 13.8. The zero-order valence-corrected chi connectivity index (χ0v) is 14.5. The van der Waals surface area contributed by atoms with Gasteiger partial charge in [-0.05, 0) is 23.6 Å². The van der Waals surface area contributed by atoms with Gasteiger partial charge in [0.15, 0.2) is 0 Å². The Hall–Kier alpha value is -3.85. The van der Waals surface area contributed by atoms with Gasteiger partial charge in [0.1, 0.15) is 0 Å². The summed E-state index contributed by atoms with van der Waals surface area (Å²) in [6.07, 6.45) is 0. The molecule has 28 heavy (non-hydrogen) atoms. The Morgan fingerprint density at radius 3 is 1.82 bits per heavy atom. The van der Waals surface area contributed by atoms with E-state index in [9.17, 15) is 29.8 Å². The molecule has 1 heterocycles. The van der Waals surface area contributed by atoms with E-state index in [4.69, 9.17) is 11.6 Å². The van der Waals surface area contributed by atoms with E-state index in [0.29, 0.717) is 0 Å². The molecule has 0 atom stereocenters. The van der Waals surface area contributed by atoms with Crippen molar-refractivity contribution >= 4 is 51.2 Å². The van der Waals surface area contributed by atoms with Crippen molar-refractivity contribution in [2.24, 2.45) is 0 Å². The summed E-state index contributed by atoms with van der Waals surface area (Å²) in [7, 11) is 0. The average molecular weight is 398 g/mol. The van der Waals surface area contributed by atoms with Gasteiger partial charge >= 0.3 is 0 Å². The van der Waals surface area contributed by atoms with Crippen LogP contribution < -0.4 is 4.90 Å². The lowest BCUT2D eigenvalue weighted by atomic mass is 9.92. The first kappa shape index (κ1) is 17.6. The maximum absolute atomic E-state index is 13.0. The molecule has 0 aromatic heterocycles. The number of carbonyl (C=O) groups excluding carboxylic acids is 2. The molecule has 0 unspecified atom stereocenters. The SMILES string of the molecule is O=C1c2cc([N+](=O)[O-])cc3cc([N+](=O)[O-])cc(c23)C(=O)N1c1cccc(Cl)c1. The summed E-state index contributed by atoms with van der Waals surface area (Å²) >= 11 is 5.95. The minimum atomic E-state index is -0.776. The number of carbonyl (C=O) groups is 2. The van der Waals surface area contributed by atoms with Gasteiger partial charge < -0.3 is 0 Å². The lowest BCUT2D eigenvalue weighted by molar-refractivity contribution is -0.385. The van der Waals surface area contributed by atoms with Crippen molar-refractivity contribution in [2.45, 2.75) is 0 Å². The van der Waals surface area contributed by atoms with Crippen LogP contribution in [0.1, 0.15) is 20.7 Å². The summed E-state index contributed by atoms with van der Waals surface area (Å²) in [5.41, 5.74) is -0.855. The van der Waals surface area contributed by atoms with Crippen LogP contribution in [0, 0.1) is 20.2 Å². The van der Waals surface area contributed by atoms with Crippen molar-refractivity contribution in [3.05, 3.63) is 84.9 Å². The Morgan fingerprint density at radius 2 is 1.36 bits per heavy atom. The molecule has 0 saturated heterocycles. The third-order valence-electron chi connectivity index (χ3n) is 4.37. The summed E-state index contributed by atoms with van der Waals surface area (Å²) in [5.74, 6) is -1.55. The summed E-state index contributed by atoms with van der Waals surface area (Å²) in [5, 5.41) is 23.0. The van der Waals surface area contributed by atoms with Crippen LogP contribution in [0.15, 0.2) is 48.5 Å². The molecule has 0 saturated carbocycles. The number of hydrogen-bond donors (Lipinski definition) is 0. The molecule has 0 fully saturated rings. The van der Waals surface area contributed by atoms with Crippen LogP contribution in [0.25, 0.3) is 10.8 Å². The van der Waals surface area contributed by atoms with Crippen LogP contribution in [0.4, 0.5) is 17.1 Å². The molecular weight excluding hydrogens is 390 g/mol. The molecule has 0 spiro atoms. The summed E-state index contributed by atoms with van der Waals surface area (Å²) in [6.45, 7) is 0. The number of hydrogen-bond acceptors (Lipinski definition) is 6. The fraction of sp³-hybridized carbons (Fsp3) is 0. The topological polar surface area (TPSA) is 124 Å². The van der Waals surface area contributed by atoms with Crippen LogP contribution in [0.2, 0.25) is 5.02 Å². The third kappa shape index (κ3) is 2.57. The van der Waals surface area contributed by atoms with E-state index in [1.165, 1.54) is 18.2 Å². The van der Waals surface area contributed by atoms with Crippen molar-refractivity contribution in [3.63, 3.8) is 0 Å². The van der Waals surface area contributed by atoms with Crippen LogP contribution in [-0.4, -0.2) is 21.7 Å². The molecule has 0 aliphatic carbocycles. The predicted molar refractivity (Wildman–Crippen MR) is 99.8 cm³/mol. The van der Waals surface area contributed by atoms with E-state index in [2.05, 4.69) is 0 Å². The number of imide groups is 1. The molecule has 2 amide bonds. The highest BCUT2D eigenvalue weighted by atomic mass is 35.5. The average Bonchev–Trinajstić information content (AvgIpc) is 2.65. The number of nitro benzene ring substituents is 2. The molecule has 3 aromatic carbocycles. The molecular formula is C18H8ClN3O6. The monoisotopic (exact) mass is 397 g/mol. The van der Waals surface area contributed by atoms with Crippen molar-refractivity contribution in [2.75, 3.05) is 4.90 Å². The fourth-order valence-electron chi connectivity index (χ4n) is 3.22. The van der Waals surface area contributed by atoms with Gasteiger partial charge in [-0.15, -0.1) is 0 Å². The smallest absolute Gasteiger partial charge is 0.268 e. The quantitative estimate of drug-likeness (QED) is 0.372. The van der Waals surface area contributed by atoms with Crippen molar-refractivity contribution in [1.29, 1.82) is 0 Å². The van der Waals surface area contributed by atoms with Gasteiger partial charge in [0.2, 0.25) is 0 Å². The summed E-state index contributed by atoms with van der Waals surface area (Å²) in [4.78, 5) is 48.0. The normalized spacial score (nSPS) is 13.1. The molecule has 138 valence electrons. The zero-order chi connectivity index (χ0) is 20.2. The number of non-ortho nitro benzene ring substituents is 2. The van der Waals surface area contributed by atoms with E-state index in [1.807, 2.05) is 0 Å². The van der Waals surface area contributed by atoms with E-state index < -0.39 is 33.0 Å². The second-order valence-electron chi connectivity index (χ2n) is 6.02. The first-order valence-electron chi connectivity index (χ1n) is 7.83. The van der Waals surface area contributed by atoms with Gasteiger partial charge in [0.25, 0.3) is 23.2 Å². The second-order valence-corrected chi connectivity index (χ2v) is 6.46. The first-order chi connectivity index (χ1) is 13.3. The summed E-state index contributed by atoms with van der Waals surface area (Å²) < 4.78 is 0. The Kier molecular flexibility index (Phi) is 3.83. The van der Waals surface area contributed by atoms with Crippen LogP contribution >= 0.6 is 11.6 Å². The van der Waals surface area contributed by atoms with E-state index in [0.717, 1.165) is 29.2 Å². The number of rotatable bonds is 3.